The molecule has 23 heavy (non-hydrogen) atoms. The highest BCUT2D eigenvalue weighted by molar-refractivity contribution is 5.94. The molecule has 0 aliphatic carbocycles. The van der Waals surface area contributed by atoms with Gasteiger partial charge in [-0.3, -0.25) is 14.8 Å². The molecule has 0 saturated heterocycles. The summed E-state index contributed by atoms with van der Waals surface area (Å²) in [6, 6.07) is 6.83. The molecule has 7 nitrogen and oxygen atoms in total. The number of hydroxylamine groups is 1. The van der Waals surface area contributed by atoms with Gasteiger partial charge >= 0.3 is 0 Å². The predicted octanol–water partition coefficient (Wildman–Crippen LogP) is 1.39. The van der Waals surface area contributed by atoms with E-state index in [1.807, 2.05) is 26.0 Å². The van der Waals surface area contributed by atoms with Crippen molar-refractivity contribution < 1.29 is 24.3 Å². The van der Waals surface area contributed by atoms with E-state index in [9.17, 15) is 9.59 Å². The Bertz CT molecular complexity index is 490. The van der Waals surface area contributed by atoms with Crippen molar-refractivity contribution in [3.05, 3.63) is 35.4 Å². The summed E-state index contributed by atoms with van der Waals surface area (Å²) < 4.78 is 10.4. The van der Waals surface area contributed by atoms with Gasteiger partial charge < -0.3 is 14.8 Å². The fourth-order valence-electron chi connectivity index (χ4n) is 1.86. The lowest BCUT2D eigenvalue weighted by Gasteiger charge is -2.18. The highest BCUT2D eigenvalue weighted by Crippen LogP contribution is 2.05. The van der Waals surface area contributed by atoms with Crippen molar-refractivity contribution in [2.75, 3.05) is 20.0 Å². The molecule has 0 bridgehead atoms. The second-order valence-corrected chi connectivity index (χ2v) is 5.09. The van der Waals surface area contributed by atoms with Crippen LogP contribution in [0.2, 0.25) is 0 Å². The predicted molar refractivity (Wildman–Crippen MR) is 84.0 cm³/mol. The van der Waals surface area contributed by atoms with Gasteiger partial charge in [0.05, 0.1) is 12.6 Å². The molecule has 1 aromatic carbocycles. The van der Waals surface area contributed by atoms with E-state index < -0.39 is 5.91 Å². The van der Waals surface area contributed by atoms with Crippen LogP contribution in [0.5, 0.6) is 0 Å². The van der Waals surface area contributed by atoms with E-state index in [2.05, 4.69) is 5.32 Å². The summed E-state index contributed by atoms with van der Waals surface area (Å²) in [6.07, 6.45) is 0.420. The minimum Gasteiger partial charge on any atom is -0.356 e. The van der Waals surface area contributed by atoms with E-state index >= 15 is 0 Å². The normalized spacial score (nSPS) is 11.8. The molecule has 2 amide bonds. The number of aryl methyl sites for hydroxylation is 1. The quantitative estimate of drug-likeness (QED) is 0.261. The van der Waals surface area contributed by atoms with Gasteiger partial charge in [0.15, 0.2) is 0 Å². The molecule has 1 rings (SSSR count). The maximum atomic E-state index is 12.2. The number of carbonyl (C=O) groups excluding carboxylic acids is 2. The summed E-state index contributed by atoms with van der Waals surface area (Å²) >= 11 is 0. The van der Waals surface area contributed by atoms with E-state index in [1.54, 1.807) is 17.6 Å². The number of rotatable bonds is 10. The molecule has 0 spiro atoms. The molecule has 7 heteroatoms. The first-order valence-electron chi connectivity index (χ1n) is 7.52. The molecule has 0 unspecified atom stereocenters. The molecule has 0 saturated carbocycles. The zero-order valence-electron chi connectivity index (χ0n) is 13.5. The average molecular weight is 324 g/mol. The van der Waals surface area contributed by atoms with Gasteiger partial charge in [-0.2, -0.15) is 0 Å². The van der Waals surface area contributed by atoms with Crippen LogP contribution in [0.3, 0.4) is 0 Å². The Kier molecular flexibility index (Phi) is 8.89. The maximum Gasteiger partial charge on any atom is 0.251 e. The highest BCUT2D eigenvalue weighted by Gasteiger charge is 2.15. The van der Waals surface area contributed by atoms with Crippen LogP contribution in [-0.2, 0) is 14.3 Å². The maximum absolute atomic E-state index is 12.2. The van der Waals surface area contributed by atoms with Crippen molar-refractivity contribution in [3.63, 3.8) is 0 Å². The summed E-state index contributed by atoms with van der Waals surface area (Å²) in [4.78, 5) is 23.4. The highest BCUT2D eigenvalue weighted by atomic mass is 16.7. The first kappa shape index (κ1) is 19.1. The van der Waals surface area contributed by atoms with Gasteiger partial charge in [0.25, 0.3) is 5.91 Å². The fourth-order valence-corrected chi connectivity index (χ4v) is 1.86. The summed E-state index contributed by atoms with van der Waals surface area (Å²) in [6.45, 7) is 4.67. The number of ether oxygens (including phenoxy) is 2. The van der Waals surface area contributed by atoms with E-state index in [0.29, 0.717) is 18.6 Å². The lowest BCUT2D eigenvalue weighted by molar-refractivity contribution is -0.129. The lowest BCUT2D eigenvalue weighted by atomic mass is 10.1. The van der Waals surface area contributed by atoms with E-state index in [-0.39, 0.29) is 31.8 Å². The molecule has 1 atom stereocenters. The Balaban J connectivity index is 2.56. The number of benzene rings is 1. The largest absolute Gasteiger partial charge is 0.356 e. The molecular weight excluding hydrogens is 300 g/mol. The second kappa shape index (κ2) is 10.7. The van der Waals surface area contributed by atoms with Gasteiger partial charge in [0.1, 0.15) is 6.79 Å². The van der Waals surface area contributed by atoms with Gasteiger partial charge in [0.2, 0.25) is 5.91 Å². The van der Waals surface area contributed by atoms with E-state index in [0.717, 1.165) is 5.56 Å². The van der Waals surface area contributed by atoms with Crippen molar-refractivity contribution in [1.29, 1.82) is 0 Å². The van der Waals surface area contributed by atoms with Crippen LogP contribution in [0.4, 0.5) is 0 Å². The number of nitrogens with one attached hydrogen (secondary N) is 2. The first-order valence-corrected chi connectivity index (χ1v) is 7.52. The first-order chi connectivity index (χ1) is 11.1. The number of carbonyl (C=O) groups is 2. The van der Waals surface area contributed by atoms with Crippen LogP contribution in [0.15, 0.2) is 24.3 Å². The molecule has 1 aromatic rings. The monoisotopic (exact) mass is 324 g/mol. The molecular formula is C16H24N2O5. The number of hydrogen-bond acceptors (Lipinski definition) is 5. The Hall–Kier alpha value is -1.96. The van der Waals surface area contributed by atoms with Gasteiger partial charge in [-0.15, -0.1) is 0 Å². The Labute approximate surface area is 135 Å². The third kappa shape index (κ3) is 7.73. The van der Waals surface area contributed by atoms with Crippen molar-refractivity contribution >= 4 is 11.8 Å². The number of amides is 2. The molecule has 0 aromatic heterocycles. The fraction of sp³-hybridized carbons (Fsp3) is 0.500. The van der Waals surface area contributed by atoms with Crippen LogP contribution in [0, 0.1) is 6.92 Å². The lowest BCUT2D eigenvalue weighted by Crippen LogP contribution is -2.39. The Morgan fingerprint density at radius 2 is 1.91 bits per heavy atom. The standard InChI is InChI=1S/C16H24N2O5/c1-3-22-11-23-10-14(8-9-15(19)18-21)17-16(20)13-6-4-12(2)5-7-13/h4-7,14,21H,3,8-11H2,1-2H3,(H,17,20)(H,18,19)/t14-/m0/s1. The van der Waals surface area contributed by atoms with Gasteiger partial charge in [-0.25, -0.2) is 5.48 Å². The topological polar surface area (TPSA) is 96.9 Å². The number of hydrogen-bond donors (Lipinski definition) is 3. The van der Waals surface area contributed by atoms with Crippen LogP contribution < -0.4 is 10.8 Å². The molecule has 3 N–H and O–H groups in total. The molecule has 0 fully saturated rings. The van der Waals surface area contributed by atoms with Crippen LogP contribution in [-0.4, -0.2) is 43.1 Å². The van der Waals surface area contributed by atoms with Gasteiger partial charge in [0, 0.05) is 18.6 Å². The van der Waals surface area contributed by atoms with Crippen molar-refractivity contribution in [1.82, 2.24) is 10.8 Å². The van der Waals surface area contributed by atoms with E-state index in [1.165, 1.54) is 0 Å². The molecule has 0 heterocycles. The second-order valence-electron chi connectivity index (χ2n) is 5.09. The van der Waals surface area contributed by atoms with E-state index in [4.69, 9.17) is 14.7 Å². The van der Waals surface area contributed by atoms with Crippen LogP contribution in [0.1, 0.15) is 35.7 Å². The van der Waals surface area contributed by atoms with Crippen molar-refractivity contribution in [2.24, 2.45) is 0 Å². The third-order valence-corrected chi connectivity index (χ3v) is 3.18. The summed E-state index contributed by atoms with van der Waals surface area (Å²) in [7, 11) is 0. The molecule has 0 aliphatic rings. The summed E-state index contributed by atoms with van der Waals surface area (Å²) in [5, 5.41) is 11.4. The minimum atomic E-state index is -0.510. The smallest absolute Gasteiger partial charge is 0.251 e. The third-order valence-electron chi connectivity index (χ3n) is 3.18. The van der Waals surface area contributed by atoms with Gasteiger partial charge in [-0.05, 0) is 32.4 Å². The molecule has 128 valence electrons. The van der Waals surface area contributed by atoms with Gasteiger partial charge in [-0.1, -0.05) is 17.7 Å². The van der Waals surface area contributed by atoms with Crippen molar-refractivity contribution in [2.45, 2.75) is 32.7 Å². The summed E-state index contributed by atoms with van der Waals surface area (Å²) in [5.41, 5.74) is 3.18. The zero-order chi connectivity index (χ0) is 17.1. The molecule has 0 radical (unpaired) electrons. The molecule has 0 aliphatic heterocycles. The Morgan fingerprint density at radius 3 is 2.52 bits per heavy atom. The Morgan fingerprint density at radius 1 is 1.22 bits per heavy atom. The minimum absolute atomic E-state index is 0.0767. The SMILES string of the molecule is CCOCOC[C@H](CCC(=O)NO)NC(=O)c1ccc(C)cc1. The van der Waals surface area contributed by atoms with Crippen LogP contribution >= 0.6 is 0 Å². The average Bonchev–Trinajstić information content (AvgIpc) is 2.56. The summed E-state index contributed by atoms with van der Waals surface area (Å²) in [5.74, 6) is -0.746. The zero-order valence-corrected chi connectivity index (χ0v) is 13.5. The van der Waals surface area contributed by atoms with Crippen molar-refractivity contribution in [3.8, 4) is 0 Å². The van der Waals surface area contributed by atoms with Crippen LogP contribution in [0.25, 0.3) is 0 Å².